The van der Waals surface area contributed by atoms with Crippen LogP contribution in [0.4, 0.5) is 0 Å². The number of allylic oxidation sites excluding steroid dienone is 4. The second-order valence-electron chi connectivity index (χ2n) is 6.44. The molecule has 1 amide bonds. The summed E-state index contributed by atoms with van der Waals surface area (Å²) >= 11 is 0. The van der Waals surface area contributed by atoms with Crippen LogP contribution in [0.25, 0.3) is 0 Å². The van der Waals surface area contributed by atoms with E-state index in [9.17, 15) is 4.79 Å². The van der Waals surface area contributed by atoms with Gasteiger partial charge in [0.1, 0.15) is 17.3 Å². The first kappa shape index (κ1) is 23.9. The Morgan fingerprint density at radius 3 is 2.52 bits per heavy atom. The van der Waals surface area contributed by atoms with Gasteiger partial charge in [-0.25, -0.2) is 4.99 Å². The summed E-state index contributed by atoms with van der Waals surface area (Å²) in [5.74, 6) is 0.466. The van der Waals surface area contributed by atoms with Gasteiger partial charge in [0.15, 0.2) is 0 Å². The maximum absolute atomic E-state index is 12.7. The number of hydrogen-bond acceptors (Lipinski definition) is 4. The molecule has 0 unspecified atom stereocenters. The maximum atomic E-state index is 12.7. The van der Waals surface area contributed by atoms with Crippen molar-refractivity contribution in [3.05, 3.63) is 77.2 Å². The molecule has 0 spiro atoms. The van der Waals surface area contributed by atoms with Gasteiger partial charge in [-0.05, 0) is 57.4 Å². The van der Waals surface area contributed by atoms with Crippen molar-refractivity contribution < 1.29 is 9.53 Å². The Kier molecular flexibility index (Phi) is 10.8. The third-order valence-corrected chi connectivity index (χ3v) is 3.74. The number of amides is 1. The van der Waals surface area contributed by atoms with Gasteiger partial charge in [0.25, 0.3) is 5.91 Å². The lowest BCUT2D eigenvalue weighted by atomic mass is 10.1. The Bertz CT molecular complexity index is 815. The zero-order valence-electron chi connectivity index (χ0n) is 18.0. The van der Waals surface area contributed by atoms with E-state index in [0.29, 0.717) is 30.0 Å². The molecule has 6 nitrogen and oxygen atoms in total. The SMILES string of the molecule is C/C=C\O/C(=C/CC)C(N=C(N)/C(=C/CC)C(=O)NCc1ccccn1)=C(C)C. The zero-order valence-corrected chi connectivity index (χ0v) is 18.0. The van der Waals surface area contributed by atoms with Crippen molar-refractivity contribution in [2.75, 3.05) is 0 Å². The highest BCUT2D eigenvalue weighted by Gasteiger charge is 2.16. The van der Waals surface area contributed by atoms with E-state index in [1.807, 2.05) is 58.9 Å². The van der Waals surface area contributed by atoms with Gasteiger partial charge in [0.2, 0.25) is 0 Å². The lowest BCUT2D eigenvalue weighted by Gasteiger charge is -2.13. The molecule has 156 valence electrons. The van der Waals surface area contributed by atoms with E-state index in [1.54, 1.807) is 24.6 Å². The number of hydrogen-bond donors (Lipinski definition) is 2. The first-order chi connectivity index (χ1) is 13.9. The van der Waals surface area contributed by atoms with Crippen LogP contribution in [0.3, 0.4) is 0 Å². The number of carbonyl (C=O) groups is 1. The molecule has 0 aromatic carbocycles. The largest absolute Gasteiger partial charge is 0.463 e. The summed E-state index contributed by atoms with van der Waals surface area (Å²) in [5.41, 5.74) is 8.90. The van der Waals surface area contributed by atoms with Crippen molar-refractivity contribution >= 4 is 11.7 Å². The van der Waals surface area contributed by atoms with Gasteiger partial charge in [0, 0.05) is 6.20 Å². The van der Waals surface area contributed by atoms with Crippen molar-refractivity contribution in [1.82, 2.24) is 10.3 Å². The molecular formula is C23H32N4O2. The van der Waals surface area contributed by atoms with Crippen molar-refractivity contribution in [3.63, 3.8) is 0 Å². The quantitative estimate of drug-likeness (QED) is 0.200. The fraction of sp³-hybridized carbons (Fsp3) is 0.348. The molecule has 0 radical (unpaired) electrons. The average molecular weight is 397 g/mol. The fourth-order valence-corrected chi connectivity index (χ4v) is 2.41. The number of ether oxygens (including phenoxy) is 1. The monoisotopic (exact) mass is 396 g/mol. The Labute approximate surface area is 174 Å². The molecule has 0 bridgehead atoms. The number of aromatic nitrogens is 1. The molecule has 0 aliphatic carbocycles. The van der Waals surface area contributed by atoms with E-state index >= 15 is 0 Å². The van der Waals surface area contributed by atoms with Gasteiger partial charge in [0.05, 0.1) is 24.1 Å². The third kappa shape index (κ3) is 8.17. The van der Waals surface area contributed by atoms with Crippen LogP contribution in [0.5, 0.6) is 0 Å². The topological polar surface area (TPSA) is 89.6 Å². The van der Waals surface area contributed by atoms with E-state index in [-0.39, 0.29) is 11.7 Å². The maximum Gasteiger partial charge on any atom is 0.255 e. The zero-order chi connectivity index (χ0) is 21.6. The van der Waals surface area contributed by atoms with Gasteiger partial charge in [-0.1, -0.05) is 32.1 Å². The predicted octanol–water partition coefficient (Wildman–Crippen LogP) is 4.53. The van der Waals surface area contributed by atoms with Gasteiger partial charge < -0.3 is 15.8 Å². The summed E-state index contributed by atoms with van der Waals surface area (Å²) in [4.78, 5) is 21.5. The van der Waals surface area contributed by atoms with Crippen LogP contribution in [0.1, 0.15) is 53.2 Å². The number of amidine groups is 1. The summed E-state index contributed by atoms with van der Waals surface area (Å²) in [7, 11) is 0. The molecule has 3 N–H and O–H groups in total. The highest BCUT2D eigenvalue weighted by atomic mass is 16.5. The highest BCUT2D eigenvalue weighted by Crippen LogP contribution is 2.20. The summed E-state index contributed by atoms with van der Waals surface area (Å²) in [6, 6.07) is 5.56. The number of carbonyl (C=O) groups excluding carboxylic acids is 1. The van der Waals surface area contributed by atoms with Crippen molar-refractivity contribution in [2.24, 2.45) is 10.7 Å². The van der Waals surface area contributed by atoms with Gasteiger partial charge >= 0.3 is 0 Å². The second kappa shape index (κ2) is 13.1. The molecule has 0 saturated carbocycles. The van der Waals surface area contributed by atoms with Gasteiger partial charge in [-0.3, -0.25) is 9.78 Å². The number of nitrogens with two attached hydrogens (primary N) is 1. The van der Waals surface area contributed by atoms with E-state index < -0.39 is 0 Å². The van der Waals surface area contributed by atoms with Gasteiger partial charge in [-0.2, -0.15) is 0 Å². The summed E-state index contributed by atoms with van der Waals surface area (Å²) < 4.78 is 5.69. The van der Waals surface area contributed by atoms with E-state index in [2.05, 4.69) is 15.3 Å². The van der Waals surface area contributed by atoms with Crippen LogP contribution in [-0.2, 0) is 16.1 Å². The molecule has 0 aliphatic heterocycles. The number of rotatable bonds is 10. The summed E-state index contributed by atoms with van der Waals surface area (Å²) in [5, 5.41) is 2.85. The lowest BCUT2D eigenvalue weighted by Crippen LogP contribution is -2.32. The Morgan fingerprint density at radius 1 is 1.24 bits per heavy atom. The van der Waals surface area contributed by atoms with Crippen LogP contribution in [-0.4, -0.2) is 16.7 Å². The van der Waals surface area contributed by atoms with E-state index in [1.165, 1.54) is 0 Å². The highest BCUT2D eigenvalue weighted by molar-refractivity contribution is 6.20. The fourth-order valence-electron chi connectivity index (χ4n) is 2.41. The number of pyridine rings is 1. The first-order valence-electron chi connectivity index (χ1n) is 9.83. The minimum Gasteiger partial charge on any atom is -0.463 e. The van der Waals surface area contributed by atoms with Crippen molar-refractivity contribution in [3.8, 4) is 0 Å². The first-order valence-corrected chi connectivity index (χ1v) is 9.83. The Morgan fingerprint density at radius 2 is 1.97 bits per heavy atom. The average Bonchev–Trinajstić information content (AvgIpc) is 2.72. The van der Waals surface area contributed by atoms with Crippen LogP contribution in [0, 0.1) is 0 Å². The normalized spacial score (nSPS) is 12.8. The number of nitrogens with zero attached hydrogens (tertiary/aromatic N) is 2. The molecule has 1 rings (SSSR count). The van der Waals surface area contributed by atoms with E-state index in [0.717, 1.165) is 17.7 Å². The predicted molar refractivity (Wildman–Crippen MR) is 119 cm³/mol. The molecular weight excluding hydrogens is 364 g/mol. The smallest absolute Gasteiger partial charge is 0.255 e. The molecule has 1 aromatic heterocycles. The van der Waals surface area contributed by atoms with Crippen LogP contribution >= 0.6 is 0 Å². The molecule has 29 heavy (non-hydrogen) atoms. The standard InChI is InChI=1S/C23H32N4O2/c1-6-11-19(23(28)26-16-18-13-9-10-14-25-18)22(24)27-21(17(4)5)20(12-7-2)29-15-8-3/h8-15H,6-7,16H2,1-5H3,(H2,24,27)(H,26,28)/b15-8-,19-11-,20-12+. The van der Waals surface area contributed by atoms with E-state index in [4.69, 9.17) is 10.5 Å². The minimum atomic E-state index is -0.290. The molecule has 1 aromatic rings. The molecule has 0 aliphatic rings. The molecule has 0 fully saturated rings. The molecule has 0 saturated heterocycles. The molecule has 1 heterocycles. The second-order valence-corrected chi connectivity index (χ2v) is 6.44. The Hall–Kier alpha value is -3.15. The number of aliphatic imine (C=N–C) groups is 1. The van der Waals surface area contributed by atoms with Crippen LogP contribution in [0.15, 0.2) is 76.5 Å². The third-order valence-electron chi connectivity index (χ3n) is 3.74. The lowest BCUT2D eigenvalue weighted by molar-refractivity contribution is -0.117. The van der Waals surface area contributed by atoms with Crippen molar-refractivity contribution in [1.29, 1.82) is 0 Å². The molecule has 0 atom stereocenters. The minimum absolute atomic E-state index is 0.146. The van der Waals surface area contributed by atoms with Crippen LogP contribution < -0.4 is 11.1 Å². The van der Waals surface area contributed by atoms with Crippen molar-refractivity contribution in [2.45, 2.75) is 54.0 Å². The summed E-state index contributed by atoms with van der Waals surface area (Å²) in [6.45, 7) is 10.0. The van der Waals surface area contributed by atoms with Crippen LogP contribution in [0.2, 0.25) is 0 Å². The van der Waals surface area contributed by atoms with Gasteiger partial charge in [-0.15, -0.1) is 0 Å². The Balaban J connectivity index is 3.13. The molecule has 6 heteroatoms. The number of nitrogens with one attached hydrogen (secondary N) is 1. The summed E-state index contributed by atoms with van der Waals surface area (Å²) in [6.07, 6.45) is 10.2.